The van der Waals surface area contributed by atoms with E-state index >= 15 is 0 Å². The van der Waals surface area contributed by atoms with Crippen LogP contribution in [0, 0.1) is 12.8 Å². The molecule has 260 valence electrons. The zero-order valence-electron chi connectivity index (χ0n) is 29.8. The van der Waals surface area contributed by atoms with Gasteiger partial charge in [0.2, 0.25) is 0 Å². The van der Waals surface area contributed by atoms with Crippen molar-refractivity contribution in [2.75, 3.05) is 11.4 Å². The van der Waals surface area contributed by atoms with E-state index in [9.17, 15) is 0 Å². The van der Waals surface area contributed by atoms with Crippen molar-refractivity contribution >= 4 is 76.2 Å². The van der Waals surface area contributed by atoms with E-state index < -0.39 is 0 Å². The van der Waals surface area contributed by atoms with E-state index in [2.05, 4.69) is 218 Å². The van der Waals surface area contributed by atoms with Crippen LogP contribution in [0.2, 0.25) is 0 Å². The lowest BCUT2D eigenvalue weighted by Gasteiger charge is -2.39. The molecule has 1 aromatic heterocycles. The minimum absolute atomic E-state index is 0.388. The molecule has 8 aromatic rings. The molecule has 0 amide bonds. The standard InChI is InChI=1S/C50H36Br2N2/c1-32-26-50-47(46-28-36(34-16-22-40(52)23-17-34)19-25-49(46)54(50)42-10-6-3-7-11-42)30-43(32)37-12-13-38-31-53(41-8-4-2-5-9-41)48-24-18-35(27-45(48)44(38)29-37)33-14-20-39(51)21-15-33/h2-12,14-30,38H,13,31H2,1H3/t38-/m0/s1. The first kappa shape index (κ1) is 33.2. The zero-order chi connectivity index (χ0) is 36.3. The van der Waals surface area contributed by atoms with Gasteiger partial charge in [-0.15, -0.1) is 0 Å². The Morgan fingerprint density at radius 2 is 1.13 bits per heavy atom. The van der Waals surface area contributed by atoms with Gasteiger partial charge in [-0.1, -0.05) is 117 Å². The van der Waals surface area contributed by atoms with Crippen LogP contribution in [-0.2, 0) is 0 Å². The van der Waals surface area contributed by atoms with Crippen molar-refractivity contribution in [3.8, 4) is 27.9 Å². The van der Waals surface area contributed by atoms with Crippen molar-refractivity contribution in [3.05, 3.63) is 196 Å². The predicted octanol–water partition coefficient (Wildman–Crippen LogP) is 14.6. The van der Waals surface area contributed by atoms with E-state index in [1.807, 2.05) is 0 Å². The molecule has 0 fully saturated rings. The molecule has 2 aliphatic rings. The molecule has 0 bridgehead atoms. The van der Waals surface area contributed by atoms with Crippen LogP contribution in [-0.4, -0.2) is 11.1 Å². The molecule has 0 N–H and O–H groups in total. The molecule has 1 aliphatic carbocycles. The highest BCUT2D eigenvalue weighted by Gasteiger charge is 2.32. The number of allylic oxidation sites excluding steroid dienone is 3. The van der Waals surface area contributed by atoms with E-state index in [0.717, 1.165) is 21.9 Å². The van der Waals surface area contributed by atoms with Crippen LogP contribution in [0.4, 0.5) is 11.4 Å². The first-order valence-corrected chi connectivity index (χ1v) is 20.1. The number of para-hydroxylation sites is 2. The summed E-state index contributed by atoms with van der Waals surface area (Å²) < 4.78 is 4.60. The van der Waals surface area contributed by atoms with Crippen LogP contribution >= 0.6 is 31.9 Å². The molecular weight excluding hydrogens is 788 g/mol. The summed E-state index contributed by atoms with van der Waals surface area (Å²) >= 11 is 7.24. The third-order valence-corrected chi connectivity index (χ3v) is 12.3. The Bertz CT molecular complexity index is 2780. The molecule has 0 radical (unpaired) electrons. The summed E-state index contributed by atoms with van der Waals surface area (Å²) in [6.07, 6.45) is 5.97. The SMILES string of the molecule is Cc1cc2c(cc1C1=CC[C@H]3CN(c4ccccc4)c4ccc(-c5ccc(Br)cc5)cc4C3=C1)c1cc(-c3ccc(Br)cc3)ccc1n2-c1ccccc1. The molecule has 0 saturated carbocycles. The lowest BCUT2D eigenvalue weighted by molar-refractivity contribution is 0.662. The minimum Gasteiger partial charge on any atom is -0.340 e. The van der Waals surface area contributed by atoms with Crippen molar-refractivity contribution in [1.82, 2.24) is 4.57 Å². The van der Waals surface area contributed by atoms with Crippen LogP contribution in [0.1, 0.15) is 23.1 Å². The molecule has 10 rings (SSSR count). The zero-order valence-corrected chi connectivity index (χ0v) is 33.0. The average molecular weight is 825 g/mol. The van der Waals surface area contributed by atoms with Crippen molar-refractivity contribution < 1.29 is 0 Å². The second-order valence-corrected chi connectivity index (χ2v) is 16.3. The lowest BCUT2D eigenvalue weighted by atomic mass is 9.78. The first-order valence-electron chi connectivity index (χ1n) is 18.5. The highest BCUT2D eigenvalue weighted by atomic mass is 79.9. The number of aromatic nitrogens is 1. The number of aryl methyl sites for hydroxylation is 1. The number of hydrogen-bond acceptors (Lipinski definition) is 1. The summed E-state index contributed by atoms with van der Waals surface area (Å²) in [5, 5.41) is 2.53. The van der Waals surface area contributed by atoms with Crippen LogP contribution in [0.3, 0.4) is 0 Å². The number of halogens is 2. The minimum atomic E-state index is 0.388. The molecule has 2 heterocycles. The molecular formula is C50H36Br2N2. The van der Waals surface area contributed by atoms with Crippen LogP contribution < -0.4 is 4.90 Å². The molecule has 4 heteroatoms. The van der Waals surface area contributed by atoms with Crippen molar-refractivity contribution in [2.24, 2.45) is 5.92 Å². The molecule has 0 spiro atoms. The summed E-state index contributed by atoms with van der Waals surface area (Å²) in [6, 6.07) is 57.7. The molecule has 0 unspecified atom stereocenters. The molecule has 54 heavy (non-hydrogen) atoms. The first-order chi connectivity index (χ1) is 26.5. The number of hydrogen-bond donors (Lipinski definition) is 0. The largest absolute Gasteiger partial charge is 0.340 e. The fourth-order valence-corrected chi connectivity index (χ4v) is 9.08. The third kappa shape index (κ3) is 5.76. The Morgan fingerprint density at radius 3 is 1.81 bits per heavy atom. The Kier molecular flexibility index (Phi) is 8.27. The van der Waals surface area contributed by atoms with Gasteiger partial charge < -0.3 is 9.47 Å². The smallest absolute Gasteiger partial charge is 0.0544 e. The number of nitrogens with zero attached hydrogens (tertiary/aromatic N) is 2. The van der Waals surface area contributed by atoms with Crippen LogP contribution in [0.25, 0.3) is 60.9 Å². The molecule has 7 aromatic carbocycles. The van der Waals surface area contributed by atoms with Crippen LogP contribution in [0.15, 0.2) is 179 Å². The van der Waals surface area contributed by atoms with E-state index in [4.69, 9.17) is 0 Å². The van der Waals surface area contributed by atoms with Gasteiger partial charge in [-0.3, -0.25) is 0 Å². The maximum absolute atomic E-state index is 3.62. The summed E-state index contributed by atoms with van der Waals surface area (Å²) in [4.78, 5) is 2.51. The third-order valence-electron chi connectivity index (χ3n) is 11.2. The van der Waals surface area contributed by atoms with Crippen LogP contribution in [0.5, 0.6) is 0 Å². The van der Waals surface area contributed by atoms with E-state index in [0.29, 0.717) is 5.92 Å². The molecule has 0 saturated heterocycles. The van der Waals surface area contributed by atoms with Gasteiger partial charge in [0.25, 0.3) is 0 Å². The summed E-state index contributed by atoms with van der Waals surface area (Å²) in [5.74, 6) is 0.388. The quantitative estimate of drug-likeness (QED) is 0.168. The average Bonchev–Trinajstić information content (AvgIpc) is 3.53. The maximum atomic E-state index is 3.62. The summed E-state index contributed by atoms with van der Waals surface area (Å²) in [6.45, 7) is 3.23. The fourth-order valence-electron chi connectivity index (χ4n) is 8.55. The number of anilines is 2. The highest BCUT2D eigenvalue weighted by Crippen LogP contribution is 2.48. The van der Waals surface area contributed by atoms with Gasteiger partial charge in [-0.2, -0.15) is 0 Å². The van der Waals surface area contributed by atoms with Gasteiger partial charge >= 0.3 is 0 Å². The van der Waals surface area contributed by atoms with Crippen molar-refractivity contribution in [2.45, 2.75) is 13.3 Å². The summed E-state index contributed by atoms with van der Waals surface area (Å²) in [5.41, 5.74) is 17.6. The summed E-state index contributed by atoms with van der Waals surface area (Å²) in [7, 11) is 0. The van der Waals surface area contributed by atoms with Crippen molar-refractivity contribution in [3.63, 3.8) is 0 Å². The maximum Gasteiger partial charge on any atom is 0.0544 e. The van der Waals surface area contributed by atoms with Crippen molar-refractivity contribution in [1.29, 1.82) is 0 Å². The monoisotopic (exact) mass is 822 g/mol. The number of benzene rings is 7. The molecule has 1 atom stereocenters. The van der Waals surface area contributed by atoms with Gasteiger partial charge in [0.15, 0.2) is 0 Å². The topological polar surface area (TPSA) is 8.17 Å². The Labute approximate surface area is 333 Å². The van der Waals surface area contributed by atoms with E-state index in [1.54, 1.807) is 0 Å². The van der Waals surface area contributed by atoms with Gasteiger partial charge in [0.1, 0.15) is 0 Å². The van der Waals surface area contributed by atoms with Gasteiger partial charge in [-0.05, 0) is 143 Å². The highest BCUT2D eigenvalue weighted by molar-refractivity contribution is 9.10. The molecule has 2 nitrogen and oxygen atoms in total. The number of fused-ring (bicyclic) bond motifs is 6. The van der Waals surface area contributed by atoms with Gasteiger partial charge in [0.05, 0.1) is 11.0 Å². The number of rotatable bonds is 5. The predicted molar refractivity (Wildman–Crippen MR) is 236 cm³/mol. The Morgan fingerprint density at radius 1 is 0.537 bits per heavy atom. The van der Waals surface area contributed by atoms with E-state index in [1.165, 1.54) is 89.0 Å². The fraction of sp³-hybridized carbons (Fsp3) is 0.0800. The van der Waals surface area contributed by atoms with Gasteiger partial charge in [-0.25, -0.2) is 0 Å². The van der Waals surface area contributed by atoms with Gasteiger partial charge in [0, 0.05) is 54.8 Å². The molecule has 1 aliphatic heterocycles. The Hall–Kier alpha value is -5.42. The van der Waals surface area contributed by atoms with E-state index in [-0.39, 0.29) is 0 Å². The second-order valence-electron chi connectivity index (χ2n) is 14.5. The second kappa shape index (κ2) is 13.5. The lowest BCUT2D eigenvalue weighted by Crippen LogP contribution is -2.32. The Balaban J connectivity index is 1.14. The normalized spacial score (nSPS) is 15.2.